The van der Waals surface area contributed by atoms with Gasteiger partial charge < -0.3 is 15.7 Å². The van der Waals surface area contributed by atoms with Crippen molar-refractivity contribution >= 4 is 11.9 Å². The standard InChI is InChI=1S/C7H11N3O.C2HF3O2/c8-4-6-2-1-3-10(6)7(11)5-9;3-2(4,5)1(6)7/h6H,1-3,5,9H2;(H,6,7)/t6-;/m0./s1. The molecule has 1 atom stereocenters. The summed E-state index contributed by atoms with van der Waals surface area (Å²) in [5.74, 6) is -2.87. The number of nitrogens with two attached hydrogens (primary N) is 1. The van der Waals surface area contributed by atoms with Gasteiger partial charge in [-0.2, -0.15) is 18.4 Å². The third kappa shape index (κ3) is 5.01. The molecule has 102 valence electrons. The summed E-state index contributed by atoms with van der Waals surface area (Å²) in [7, 11) is 0. The molecule has 0 spiro atoms. The molecule has 1 amide bonds. The van der Waals surface area contributed by atoms with Gasteiger partial charge in [0.25, 0.3) is 0 Å². The largest absolute Gasteiger partial charge is 0.490 e. The lowest BCUT2D eigenvalue weighted by Crippen LogP contribution is -2.38. The number of aliphatic carboxylic acids is 1. The van der Waals surface area contributed by atoms with Crippen LogP contribution in [0, 0.1) is 11.3 Å². The van der Waals surface area contributed by atoms with E-state index in [2.05, 4.69) is 6.07 Å². The summed E-state index contributed by atoms with van der Waals surface area (Å²) in [4.78, 5) is 21.5. The van der Waals surface area contributed by atoms with Gasteiger partial charge in [0.15, 0.2) is 0 Å². The topological polar surface area (TPSA) is 107 Å². The number of carboxylic acid groups (broad SMARTS) is 1. The third-order valence-corrected chi connectivity index (χ3v) is 2.14. The van der Waals surface area contributed by atoms with E-state index < -0.39 is 12.1 Å². The first-order valence-electron chi connectivity index (χ1n) is 4.93. The molecule has 9 heteroatoms. The van der Waals surface area contributed by atoms with Crippen LogP contribution in [0.15, 0.2) is 0 Å². The van der Waals surface area contributed by atoms with Crippen LogP contribution in [0.3, 0.4) is 0 Å². The highest BCUT2D eigenvalue weighted by atomic mass is 19.4. The number of carbonyl (C=O) groups is 2. The van der Waals surface area contributed by atoms with Crippen LogP contribution >= 0.6 is 0 Å². The first-order valence-corrected chi connectivity index (χ1v) is 4.93. The minimum Gasteiger partial charge on any atom is -0.475 e. The Morgan fingerprint density at radius 1 is 1.50 bits per heavy atom. The molecule has 1 saturated heterocycles. The number of hydrogen-bond acceptors (Lipinski definition) is 4. The SMILES string of the molecule is N#C[C@@H]1CCCN1C(=O)CN.O=C(O)C(F)(F)F. The van der Waals surface area contributed by atoms with Crippen molar-refractivity contribution < 1.29 is 27.9 Å². The van der Waals surface area contributed by atoms with E-state index in [-0.39, 0.29) is 18.5 Å². The predicted octanol–water partition coefficient (Wildman–Crippen LogP) is 0.0930. The molecular formula is C9H12F3N3O3. The number of halogens is 3. The van der Waals surface area contributed by atoms with E-state index >= 15 is 0 Å². The molecular weight excluding hydrogens is 255 g/mol. The highest BCUT2D eigenvalue weighted by molar-refractivity contribution is 5.79. The number of alkyl halides is 3. The van der Waals surface area contributed by atoms with Crippen LogP contribution in [0.4, 0.5) is 13.2 Å². The zero-order valence-electron chi connectivity index (χ0n) is 9.28. The van der Waals surface area contributed by atoms with Gasteiger partial charge in [0.2, 0.25) is 5.91 Å². The van der Waals surface area contributed by atoms with E-state index in [1.54, 1.807) is 4.90 Å². The zero-order chi connectivity index (χ0) is 14.3. The van der Waals surface area contributed by atoms with E-state index in [9.17, 15) is 18.0 Å². The molecule has 0 radical (unpaired) electrons. The van der Waals surface area contributed by atoms with Crippen LogP contribution in [-0.2, 0) is 9.59 Å². The summed E-state index contributed by atoms with van der Waals surface area (Å²) in [6.07, 6.45) is -3.37. The summed E-state index contributed by atoms with van der Waals surface area (Å²) < 4.78 is 31.7. The zero-order valence-corrected chi connectivity index (χ0v) is 9.28. The van der Waals surface area contributed by atoms with Crippen LogP contribution in [0.2, 0.25) is 0 Å². The number of carbonyl (C=O) groups excluding carboxylic acids is 1. The fourth-order valence-corrected chi connectivity index (χ4v) is 1.32. The van der Waals surface area contributed by atoms with Crippen LogP contribution in [-0.4, -0.2) is 47.2 Å². The first kappa shape index (κ1) is 16.2. The lowest BCUT2D eigenvalue weighted by Gasteiger charge is -2.17. The van der Waals surface area contributed by atoms with Gasteiger partial charge >= 0.3 is 12.1 Å². The number of likely N-dealkylation sites (tertiary alicyclic amines) is 1. The number of rotatable bonds is 1. The maximum atomic E-state index is 11.0. The Hall–Kier alpha value is -1.82. The predicted molar refractivity (Wildman–Crippen MR) is 53.1 cm³/mol. The van der Waals surface area contributed by atoms with Crippen molar-refractivity contribution in [2.75, 3.05) is 13.1 Å². The van der Waals surface area contributed by atoms with Gasteiger partial charge in [-0.15, -0.1) is 0 Å². The van der Waals surface area contributed by atoms with E-state index in [0.29, 0.717) is 6.54 Å². The smallest absolute Gasteiger partial charge is 0.475 e. The molecule has 0 aromatic carbocycles. The number of hydrogen-bond donors (Lipinski definition) is 2. The molecule has 1 aliphatic rings. The molecule has 1 aliphatic heterocycles. The maximum absolute atomic E-state index is 11.0. The monoisotopic (exact) mass is 267 g/mol. The van der Waals surface area contributed by atoms with Crippen molar-refractivity contribution in [2.45, 2.75) is 25.1 Å². The summed E-state index contributed by atoms with van der Waals surface area (Å²) in [5.41, 5.74) is 5.17. The lowest BCUT2D eigenvalue weighted by atomic mass is 10.2. The summed E-state index contributed by atoms with van der Waals surface area (Å²) in [6.45, 7) is 0.701. The van der Waals surface area contributed by atoms with Gasteiger partial charge in [0.05, 0.1) is 12.6 Å². The normalized spacial score (nSPS) is 18.6. The van der Waals surface area contributed by atoms with Crippen LogP contribution in [0.25, 0.3) is 0 Å². The Morgan fingerprint density at radius 2 is 2.00 bits per heavy atom. The van der Waals surface area contributed by atoms with Crippen LogP contribution in [0.1, 0.15) is 12.8 Å². The second-order valence-corrected chi connectivity index (χ2v) is 3.38. The number of nitriles is 1. The number of carboxylic acids is 1. The fourth-order valence-electron chi connectivity index (χ4n) is 1.32. The van der Waals surface area contributed by atoms with Crippen molar-refractivity contribution in [3.63, 3.8) is 0 Å². The van der Waals surface area contributed by atoms with E-state index in [1.807, 2.05) is 0 Å². The van der Waals surface area contributed by atoms with Crippen molar-refractivity contribution in [1.29, 1.82) is 5.26 Å². The van der Waals surface area contributed by atoms with E-state index in [1.165, 1.54) is 0 Å². The Bertz CT molecular complexity index is 351. The number of nitrogens with zero attached hydrogens (tertiary/aromatic N) is 2. The van der Waals surface area contributed by atoms with Crippen molar-refractivity contribution in [2.24, 2.45) is 5.73 Å². The minimum atomic E-state index is -5.08. The molecule has 3 N–H and O–H groups in total. The summed E-state index contributed by atoms with van der Waals surface area (Å²) in [6, 6.07) is 1.85. The van der Waals surface area contributed by atoms with Crippen LogP contribution < -0.4 is 5.73 Å². The Kier molecular flexibility index (Phi) is 6.12. The highest BCUT2D eigenvalue weighted by Gasteiger charge is 2.38. The van der Waals surface area contributed by atoms with Gasteiger partial charge in [-0.25, -0.2) is 4.79 Å². The highest BCUT2D eigenvalue weighted by Crippen LogP contribution is 2.15. The molecule has 0 aromatic heterocycles. The van der Waals surface area contributed by atoms with Gasteiger partial charge in [-0.3, -0.25) is 4.79 Å². The quantitative estimate of drug-likeness (QED) is 0.700. The van der Waals surface area contributed by atoms with Crippen molar-refractivity contribution in [1.82, 2.24) is 4.90 Å². The molecule has 1 rings (SSSR count). The molecule has 18 heavy (non-hydrogen) atoms. The van der Waals surface area contributed by atoms with Crippen LogP contribution in [0.5, 0.6) is 0 Å². The Morgan fingerprint density at radius 3 is 2.33 bits per heavy atom. The average molecular weight is 267 g/mol. The summed E-state index contributed by atoms with van der Waals surface area (Å²) >= 11 is 0. The van der Waals surface area contributed by atoms with E-state index in [4.69, 9.17) is 20.9 Å². The Balaban J connectivity index is 0.000000360. The molecule has 0 saturated carbocycles. The molecule has 0 unspecified atom stereocenters. The van der Waals surface area contributed by atoms with Gasteiger partial charge in [0, 0.05) is 6.54 Å². The van der Waals surface area contributed by atoms with Gasteiger partial charge in [-0.1, -0.05) is 0 Å². The average Bonchev–Trinajstić information content (AvgIpc) is 2.75. The molecule has 0 aliphatic carbocycles. The van der Waals surface area contributed by atoms with Gasteiger partial charge in [-0.05, 0) is 12.8 Å². The molecule has 1 fully saturated rings. The minimum absolute atomic E-state index is 0.0121. The molecule has 1 heterocycles. The van der Waals surface area contributed by atoms with Gasteiger partial charge in [0.1, 0.15) is 6.04 Å². The third-order valence-electron chi connectivity index (χ3n) is 2.14. The maximum Gasteiger partial charge on any atom is 0.490 e. The lowest BCUT2D eigenvalue weighted by molar-refractivity contribution is -0.192. The molecule has 6 nitrogen and oxygen atoms in total. The second-order valence-electron chi connectivity index (χ2n) is 3.38. The fraction of sp³-hybridized carbons (Fsp3) is 0.667. The van der Waals surface area contributed by atoms with E-state index in [0.717, 1.165) is 12.8 Å². The molecule has 0 aromatic rings. The van der Waals surface area contributed by atoms with Crippen molar-refractivity contribution in [3.05, 3.63) is 0 Å². The second kappa shape index (κ2) is 6.80. The summed E-state index contributed by atoms with van der Waals surface area (Å²) in [5, 5.41) is 15.7. The number of amides is 1. The first-order chi connectivity index (χ1) is 8.23. The van der Waals surface area contributed by atoms with Crippen molar-refractivity contribution in [3.8, 4) is 6.07 Å². The molecule has 0 bridgehead atoms. The Labute approximate surface area is 101 Å².